The number of halogens is 3. The number of nitro benzene ring substituents is 1. The minimum atomic E-state index is -1.04. The summed E-state index contributed by atoms with van der Waals surface area (Å²) in [6.45, 7) is 0.811. The van der Waals surface area contributed by atoms with Gasteiger partial charge in [0.25, 0.3) is 11.6 Å². The fourth-order valence-electron chi connectivity index (χ4n) is 1.99. The number of anilines is 1. The van der Waals surface area contributed by atoms with E-state index in [2.05, 4.69) is 5.32 Å². The second-order valence-corrected chi connectivity index (χ2v) is 6.66. The van der Waals surface area contributed by atoms with Gasteiger partial charge in [0.15, 0.2) is 12.7 Å². The predicted octanol–water partition coefficient (Wildman–Crippen LogP) is 4.50. The highest BCUT2D eigenvalue weighted by atomic mass is 35.5. The molecule has 0 aliphatic heterocycles. The maximum absolute atomic E-state index is 12.0. The van der Waals surface area contributed by atoms with E-state index in [1.54, 1.807) is 6.07 Å². The van der Waals surface area contributed by atoms with Crippen LogP contribution in [0.2, 0.25) is 15.1 Å². The number of ether oxygens (including phenoxy) is 2. The van der Waals surface area contributed by atoms with Gasteiger partial charge in [0.05, 0.1) is 9.95 Å². The van der Waals surface area contributed by atoms with Gasteiger partial charge in [-0.3, -0.25) is 14.9 Å². The Kier molecular flexibility index (Phi) is 7.45. The maximum Gasteiger partial charge on any atom is 0.347 e. The Bertz CT molecular complexity index is 922. The summed E-state index contributed by atoms with van der Waals surface area (Å²) < 4.78 is 10.3. The zero-order valence-electron chi connectivity index (χ0n) is 14.3. The number of benzene rings is 2. The third-order valence-electron chi connectivity index (χ3n) is 3.30. The smallest absolute Gasteiger partial charge is 0.347 e. The average molecular weight is 448 g/mol. The third kappa shape index (κ3) is 5.98. The molecule has 0 saturated heterocycles. The first-order valence-corrected chi connectivity index (χ1v) is 8.83. The number of hydrogen-bond donors (Lipinski definition) is 1. The van der Waals surface area contributed by atoms with Crippen molar-refractivity contribution in [3.63, 3.8) is 0 Å². The van der Waals surface area contributed by atoms with Crippen molar-refractivity contribution in [2.24, 2.45) is 0 Å². The fourth-order valence-corrected chi connectivity index (χ4v) is 2.63. The molecule has 0 fully saturated rings. The monoisotopic (exact) mass is 446 g/mol. The molecule has 0 spiro atoms. The fraction of sp³-hybridized carbons (Fsp3) is 0.176. The lowest BCUT2D eigenvalue weighted by Crippen LogP contribution is -2.29. The summed E-state index contributed by atoms with van der Waals surface area (Å²) in [4.78, 5) is 34.0. The molecule has 1 atom stereocenters. The molecular weight excluding hydrogens is 435 g/mol. The van der Waals surface area contributed by atoms with Crippen LogP contribution in [-0.4, -0.2) is 29.5 Å². The first-order chi connectivity index (χ1) is 13.2. The molecule has 8 nitrogen and oxygen atoms in total. The van der Waals surface area contributed by atoms with Crippen molar-refractivity contribution in [3.05, 3.63) is 61.6 Å². The van der Waals surface area contributed by atoms with Crippen molar-refractivity contribution in [1.82, 2.24) is 0 Å². The van der Waals surface area contributed by atoms with Crippen LogP contribution in [0.25, 0.3) is 0 Å². The van der Waals surface area contributed by atoms with E-state index in [-0.39, 0.29) is 27.2 Å². The largest absolute Gasteiger partial charge is 0.477 e. The van der Waals surface area contributed by atoms with E-state index in [1.807, 2.05) is 0 Å². The number of rotatable bonds is 7. The van der Waals surface area contributed by atoms with Crippen molar-refractivity contribution in [1.29, 1.82) is 0 Å². The molecule has 0 heterocycles. The van der Waals surface area contributed by atoms with E-state index >= 15 is 0 Å². The number of hydrogen-bond acceptors (Lipinski definition) is 6. The molecule has 148 valence electrons. The van der Waals surface area contributed by atoms with Gasteiger partial charge >= 0.3 is 5.97 Å². The Morgan fingerprint density at radius 3 is 2.50 bits per heavy atom. The van der Waals surface area contributed by atoms with Gasteiger partial charge in [0, 0.05) is 16.8 Å². The Hall–Kier alpha value is -2.55. The minimum Gasteiger partial charge on any atom is -0.477 e. The number of esters is 1. The molecular formula is C17H13Cl3N2O6. The van der Waals surface area contributed by atoms with E-state index in [4.69, 9.17) is 44.3 Å². The van der Waals surface area contributed by atoms with Crippen LogP contribution in [0.15, 0.2) is 36.4 Å². The molecule has 11 heteroatoms. The van der Waals surface area contributed by atoms with E-state index in [1.165, 1.54) is 31.2 Å². The van der Waals surface area contributed by atoms with Gasteiger partial charge in [-0.1, -0.05) is 34.8 Å². The number of nitrogens with zero attached hydrogens (tertiary/aromatic N) is 1. The van der Waals surface area contributed by atoms with Gasteiger partial charge < -0.3 is 14.8 Å². The zero-order valence-corrected chi connectivity index (χ0v) is 16.5. The molecule has 2 aromatic rings. The molecule has 0 bridgehead atoms. The molecule has 0 aromatic heterocycles. The molecule has 2 rings (SSSR count). The van der Waals surface area contributed by atoms with Gasteiger partial charge in [0.1, 0.15) is 10.8 Å². The summed E-state index contributed by atoms with van der Waals surface area (Å²) in [5, 5.41) is 13.8. The minimum absolute atomic E-state index is 0.0683. The highest BCUT2D eigenvalue weighted by Crippen LogP contribution is 2.29. The number of nitro groups is 1. The molecule has 1 amide bonds. The van der Waals surface area contributed by atoms with Gasteiger partial charge in [0.2, 0.25) is 0 Å². The standard InChI is InChI=1S/C17H13Cl3N2O6/c1-9(28-15-5-2-10(18)6-13(15)20)17(24)27-8-16(23)21-11-3-4-12(19)14(7-11)22(25)26/h2-7,9H,8H2,1H3,(H,21,23). The van der Waals surface area contributed by atoms with Crippen molar-refractivity contribution >= 4 is 58.1 Å². The van der Waals surface area contributed by atoms with Crippen molar-refractivity contribution in [3.8, 4) is 5.75 Å². The van der Waals surface area contributed by atoms with Crippen LogP contribution in [0, 0.1) is 10.1 Å². The Labute approximate surface area is 174 Å². The summed E-state index contributed by atoms with van der Waals surface area (Å²) in [6.07, 6.45) is -1.04. The molecule has 0 aliphatic carbocycles. The summed E-state index contributed by atoms with van der Waals surface area (Å²) in [5.41, 5.74) is -0.229. The van der Waals surface area contributed by atoms with Crippen molar-refractivity contribution in [2.45, 2.75) is 13.0 Å². The first-order valence-electron chi connectivity index (χ1n) is 7.69. The average Bonchev–Trinajstić information content (AvgIpc) is 2.63. The Morgan fingerprint density at radius 1 is 1.14 bits per heavy atom. The van der Waals surface area contributed by atoms with Crippen LogP contribution in [0.4, 0.5) is 11.4 Å². The third-order valence-corrected chi connectivity index (χ3v) is 4.15. The number of carbonyl (C=O) groups excluding carboxylic acids is 2. The number of amides is 1. The highest BCUT2D eigenvalue weighted by molar-refractivity contribution is 6.35. The summed E-state index contributed by atoms with van der Waals surface area (Å²) >= 11 is 17.4. The Morgan fingerprint density at radius 2 is 1.86 bits per heavy atom. The second-order valence-electron chi connectivity index (χ2n) is 5.41. The van der Waals surface area contributed by atoms with Crippen LogP contribution in [-0.2, 0) is 14.3 Å². The lowest BCUT2D eigenvalue weighted by molar-refractivity contribution is -0.384. The number of nitrogens with one attached hydrogen (secondary N) is 1. The lowest BCUT2D eigenvalue weighted by Gasteiger charge is -2.15. The van der Waals surface area contributed by atoms with Crippen LogP contribution < -0.4 is 10.1 Å². The van der Waals surface area contributed by atoms with E-state index in [0.29, 0.717) is 5.02 Å². The van der Waals surface area contributed by atoms with Crippen molar-refractivity contribution in [2.75, 3.05) is 11.9 Å². The molecule has 1 unspecified atom stereocenters. The summed E-state index contributed by atoms with van der Waals surface area (Å²) in [5.74, 6) is -1.27. The Balaban J connectivity index is 1.89. The van der Waals surface area contributed by atoms with Crippen LogP contribution in [0.1, 0.15) is 6.92 Å². The predicted molar refractivity (Wildman–Crippen MR) is 104 cm³/mol. The summed E-state index contributed by atoms with van der Waals surface area (Å²) in [6, 6.07) is 8.23. The van der Waals surface area contributed by atoms with E-state index < -0.39 is 29.5 Å². The SMILES string of the molecule is CC(Oc1ccc(Cl)cc1Cl)C(=O)OCC(=O)Nc1ccc(Cl)c([N+](=O)[O-])c1. The molecule has 2 aromatic carbocycles. The second kappa shape index (κ2) is 9.59. The highest BCUT2D eigenvalue weighted by Gasteiger charge is 2.20. The zero-order chi connectivity index (χ0) is 20.8. The molecule has 0 radical (unpaired) electrons. The number of carbonyl (C=O) groups is 2. The van der Waals surface area contributed by atoms with Crippen molar-refractivity contribution < 1.29 is 24.0 Å². The topological polar surface area (TPSA) is 108 Å². The van der Waals surface area contributed by atoms with Crippen LogP contribution >= 0.6 is 34.8 Å². The van der Waals surface area contributed by atoms with Crippen LogP contribution in [0.5, 0.6) is 5.75 Å². The van der Waals surface area contributed by atoms with Gasteiger partial charge in [-0.15, -0.1) is 0 Å². The summed E-state index contributed by atoms with van der Waals surface area (Å²) in [7, 11) is 0. The normalized spacial score (nSPS) is 11.4. The van der Waals surface area contributed by atoms with E-state index in [0.717, 1.165) is 6.07 Å². The van der Waals surface area contributed by atoms with E-state index in [9.17, 15) is 19.7 Å². The first kappa shape index (κ1) is 21.7. The van der Waals surface area contributed by atoms with Gasteiger partial charge in [-0.05, 0) is 37.3 Å². The molecule has 0 saturated carbocycles. The maximum atomic E-state index is 12.0. The quantitative estimate of drug-likeness (QED) is 0.380. The van der Waals surface area contributed by atoms with Gasteiger partial charge in [-0.25, -0.2) is 4.79 Å². The van der Waals surface area contributed by atoms with Gasteiger partial charge in [-0.2, -0.15) is 0 Å². The van der Waals surface area contributed by atoms with Crippen LogP contribution in [0.3, 0.4) is 0 Å². The molecule has 1 N–H and O–H groups in total. The molecule has 0 aliphatic rings. The lowest BCUT2D eigenvalue weighted by atomic mass is 10.3. The molecule has 28 heavy (non-hydrogen) atoms.